The van der Waals surface area contributed by atoms with Crippen molar-refractivity contribution in [3.8, 4) is 0 Å². The number of amides is 2. The summed E-state index contributed by atoms with van der Waals surface area (Å²) in [6, 6.07) is 0.473. The summed E-state index contributed by atoms with van der Waals surface area (Å²) in [6.07, 6.45) is 3.73. The highest BCUT2D eigenvalue weighted by molar-refractivity contribution is 5.84. The summed E-state index contributed by atoms with van der Waals surface area (Å²) < 4.78 is 0. The maximum Gasteiger partial charge on any atom is 0.240 e. The fourth-order valence-electron chi connectivity index (χ4n) is 2.25. The quantitative estimate of drug-likeness (QED) is 0.779. The van der Waals surface area contributed by atoms with Crippen LogP contribution >= 0.6 is 0 Å². The molecule has 1 aliphatic heterocycles. The van der Waals surface area contributed by atoms with Gasteiger partial charge in [0.05, 0.1) is 6.54 Å². The molecule has 1 rings (SSSR count). The Hall–Kier alpha value is -1.10. The first kappa shape index (κ1) is 16.0. The third-order valence-corrected chi connectivity index (χ3v) is 3.19. The lowest BCUT2D eigenvalue weighted by atomic mass is 10.1. The molecule has 110 valence electrons. The van der Waals surface area contributed by atoms with Crippen LogP contribution in [-0.4, -0.2) is 48.4 Å². The van der Waals surface area contributed by atoms with Crippen LogP contribution in [0.2, 0.25) is 0 Å². The summed E-state index contributed by atoms with van der Waals surface area (Å²) in [5, 5.41) is 6.23. The fourth-order valence-corrected chi connectivity index (χ4v) is 2.25. The maximum atomic E-state index is 11.9. The van der Waals surface area contributed by atoms with Crippen LogP contribution < -0.4 is 10.6 Å². The predicted octanol–water partition coefficient (Wildman–Crippen LogP) is 0.892. The molecule has 0 radical (unpaired) electrons. The largest absolute Gasteiger partial charge is 0.350 e. The van der Waals surface area contributed by atoms with Crippen molar-refractivity contribution >= 4 is 11.8 Å². The molecule has 0 bridgehead atoms. The molecule has 1 unspecified atom stereocenters. The lowest BCUT2D eigenvalue weighted by Crippen LogP contribution is -2.46. The van der Waals surface area contributed by atoms with Gasteiger partial charge < -0.3 is 15.5 Å². The number of likely N-dealkylation sites (N-methyl/N-ethyl adjacent to an activating group) is 1. The lowest BCUT2D eigenvalue weighted by molar-refractivity contribution is -0.135. The van der Waals surface area contributed by atoms with Crippen molar-refractivity contribution in [1.82, 2.24) is 15.5 Å². The summed E-state index contributed by atoms with van der Waals surface area (Å²) in [4.78, 5) is 25.1. The molecule has 5 heteroatoms. The second kappa shape index (κ2) is 6.89. The Morgan fingerprint density at radius 1 is 1.37 bits per heavy atom. The SMILES string of the molecule is CN(CC(=O)NC(C)(C)C)C(=O)CCC1CCCN1. The molecule has 1 heterocycles. The molecular formula is C14H27N3O2. The van der Waals surface area contributed by atoms with Gasteiger partial charge in [-0.15, -0.1) is 0 Å². The molecule has 19 heavy (non-hydrogen) atoms. The van der Waals surface area contributed by atoms with Crippen LogP contribution in [0.15, 0.2) is 0 Å². The van der Waals surface area contributed by atoms with E-state index in [2.05, 4.69) is 10.6 Å². The second-order valence-corrected chi connectivity index (χ2v) is 6.38. The minimum Gasteiger partial charge on any atom is -0.350 e. The van der Waals surface area contributed by atoms with Crippen LogP contribution in [-0.2, 0) is 9.59 Å². The van der Waals surface area contributed by atoms with Crippen molar-refractivity contribution in [3.63, 3.8) is 0 Å². The van der Waals surface area contributed by atoms with Crippen LogP contribution in [0.5, 0.6) is 0 Å². The molecular weight excluding hydrogens is 242 g/mol. The zero-order valence-corrected chi connectivity index (χ0v) is 12.6. The van der Waals surface area contributed by atoms with Gasteiger partial charge in [-0.3, -0.25) is 9.59 Å². The number of carbonyl (C=O) groups excluding carboxylic acids is 2. The van der Waals surface area contributed by atoms with Crippen molar-refractivity contribution in [2.75, 3.05) is 20.1 Å². The van der Waals surface area contributed by atoms with Gasteiger partial charge >= 0.3 is 0 Å². The van der Waals surface area contributed by atoms with E-state index < -0.39 is 0 Å². The van der Waals surface area contributed by atoms with Gasteiger partial charge in [-0.1, -0.05) is 0 Å². The van der Waals surface area contributed by atoms with Crippen molar-refractivity contribution in [1.29, 1.82) is 0 Å². The number of nitrogens with one attached hydrogen (secondary N) is 2. The Morgan fingerprint density at radius 3 is 2.58 bits per heavy atom. The second-order valence-electron chi connectivity index (χ2n) is 6.38. The smallest absolute Gasteiger partial charge is 0.240 e. The zero-order valence-electron chi connectivity index (χ0n) is 12.6. The van der Waals surface area contributed by atoms with Crippen molar-refractivity contribution < 1.29 is 9.59 Å². The first-order valence-electron chi connectivity index (χ1n) is 7.06. The summed E-state index contributed by atoms with van der Waals surface area (Å²) in [7, 11) is 1.69. The Labute approximate surface area is 116 Å². The molecule has 0 saturated carbocycles. The van der Waals surface area contributed by atoms with E-state index in [0.717, 1.165) is 19.4 Å². The maximum absolute atomic E-state index is 11.9. The molecule has 2 amide bonds. The highest BCUT2D eigenvalue weighted by Crippen LogP contribution is 2.11. The summed E-state index contributed by atoms with van der Waals surface area (Å²) in [6.45, 7) is 6.98. The van der Waals surface area contributed by atoms with E-state index in [4.69, 9.17) is 0 Å². The Balaban J connectivity index is 2.25. The number of hydrogen-bond donors (Lipinski definition) is 2. The van der Waals surface area contributed by atoms with E-state index in [1.54, 1.807) is 7.05 Å². The molecule has 1 fully saturated rings. The average Bonchev–Trinajstić information content (AvgIpc) is 2.75. The molecule has 1 atom stereocenters. The molecule has 1 saturated heterocycles. The third-order valence-electron chi connectivity index (χ3n) is 3.19. The number of carbonyl (C=O) groups is 2. The molecule has 0 aromatic rings. The molecule has 1 aliphatic rings. The summed E-state index contributed by atoms with van der Waals surface area (Å²) in [5.74, 6) is -0.0694. The predicted molar refractivity (Wildman–Crippen MR) is 75.8 cm³/mol. The van der Waals surface area contributed by atoms with Gasteiger partial charge in [0.1, 0.15) is 0 Å². The molecule has 2 N–H and O–H groups in total. The number of nitrogens with zero attached hydrogens (tertiary/aromatic N) is 1. The Morgan fingerprint density at radius 2 is 2.05 bits per heavy atom. The van der Waals surface area contributed by atoms with E-state index in [9.17, 15) is 9.59 Å². The van der Waals surface area contributed by atoms with Gasteiger partial charge in [-0.05, 0) is 46.6 Å². The standard InChI is InChI=1S/C14H27N3O2/c1-14(2,3)16-12(18)10-17(4)13(19)8-7-11-6-5-9-15-11/h11,15H,5-10H2,1-4H3,(H,16,18). The molecule has 5 nitrogen and oxygen atoms in total. The Kier molecular flexibility index (Phi) is 5.79. The first-order valence-corrected chi connectivity index (χ1v) is 7.06. The van der Waals surface area contributed by atoms with E-state index in [1.807, 2.05) is 20.8 Å². The monoisotopic (exact) mass is 269 g/mol. The first-order chi connectivity index (χ1) is 8.78. The van der Waals surface area contributed by atoms with Crippen molar-refractivity contribution in [3.05, 3.63) is 0 Å². The van der Waals surface area contributed by atoms with Crippen molar-refractivity contribution in [2.45, 2.75) is 58.0 Å². The number of rotatable bonds is 5. The van der Waals surface area contributed by atoms with Gasteiger partial charge in [0, 0.05) is 25.0 Å². The van der Waals surface area contributed by atoms with Crippen LogP contribution in [0.1, 0.15) is 46.5 Å². The van der Waals surface area contributed by atoms with Crippen LogP contribution in [0.4, 0.5) is 0 Å². The minimum absolute atomic E-state index is 0.0396. The fraction of sp³-hybridized carbons (Fsp3) is 0.857. The van der Waals surface area contributed by atoms with E-state index >= 15 is 0 Å². The van der Waals surface area contributed by atoms with Gasteiger partial charge in [-0.25, -0.2) is 0 Å². The molecule has 0 aromatic carbocycles. The van der Waals surface area contributed by atoms with Crippen LogP contribution in [0.3, 0.4) is 0 Å². The Bertz CT molecular complexity index is 317. The highest BCUT2D eigenvalue weighted by Gasteiger charge is 2.19. The molecule has 0 aromatic heterocycles. The summed E-state index contributed by atoms with van der Waals surface area (Å²) >= 11 is 0. The minimum atomic E-state index is -0.255. The van der Waals surface area contributed by atoms with E-state index in [-0.39, 0.29) is 23.9 Å². The third kappa shape index (κ3) is 6.57. The lowest BCUT2D eigenvalue weighted by Gasteiger charge is -2.23. The van der Waals surface area contributed by atoms with Crippen molar-refractivity contribution in [2.24, 2.45) is 0 Å². The van der Waals surface area contributed by atoms with E-state index in [0.29, 0.717) is 12.5 Å². The summed E-state index contributed by atoms with van der Waals surface area (Å²) in [5.41, 5.74) is -0.255. The van der Waals surface area contributed by atoms with E-state index in [1.165, 1.54) is 11.3 Å². The van der Waals surface area contributed by atoms with Crippen LogP contribution in [0, 0.1) is 0 Å². The van der Waals surface area contributed by atoms with Crippen LogP contribution in [0.25, 0.3) is 0 Å². The van der Waals surface area contributed by atoms with Gasteiger partial charge in [-0.2, -0.15) is 0 Å². The van der Waals surface area contributed by atoms with Gasteiger partial charge in [0.25, 0.3) is 0 Å². The highest BCUT2D eigenvalue weighted by atomic mass is 16.2. The number of hydrogen-bond acceptors (Lipinski definition) is 3. The average molecular weight is 269 g/mol. The molecule has 0 aliphatic carbocycles. The topological polar surface area (TPSA) is 61.4 Å². The van der Waals surface area contributed by atoms with Gasteiger partial charge in [0.15, 0.2) is 0 Å². The normalized spacial score (nSPS) is 19.3. The zero-order chi connectivity index (χ0) is 14.5. The van der Waals surface area contributed by atoms with Gasteiger partial charge in [0.2, 0.25) is 11.8 Å². The molecule has 0 spiro atoms.